The van der Waals surface area contributed by atoms with Gasteiger partial charge in [0, 0.05) is 24.4 Å². The van der Waals surface area contributed by atoms with Crippen molar-refractivity contribution in [3.05, 3.63) is 90.3 Å². The van der Waals surface area contributed by atoms with Crippen molar-refractivity contribution in [2.45, 2.75) is 18.8 Å². The molecule has 1 unspecified atom stereocenters. The summed E-state index contributed by atoms with van der Waals surface area (Å²) < 4.78 is 37.0. The summed E-state index contributed by atoms with van der Waals surface area (Å²) >= 11 is 0. The molecule has 0 fully saturated rings. The molecule has 2 aromatic heterocycles. The SMILES string of the molecule is NC(=O)C(=O)C(Cc1ccccc1)NC(=O)c1cccnc1-n1ccc(-c2ccc3c(c2)OC(F)(F)O3)n1. The molecule has 1 atom stereocenters. The molecular weight excluding hydrogens is 500 g/mol. The molecule has 5 rings (SSSR count). The van der Waals surface area contributed by atoms with Crippen molar-refractivity contribution in [1.29, 1.82) is 0 Å². The van der Waals surface area contributed by atoms with Gasteiger partial charge < -0.3 is 20.5 Å². The zero-order chi connectivity index (χ0) is 26.9. The Morgan fingerprint density at radius 3 is 2.53 bits per heavy atom. The van der Waals surface area contributed by atoms with Gasteiger partial charge in [0.1, 0.15) is 6.04 Å². The summed E-state index contributed by atoms with van der Waals surface area (Å²) in [5.41, 5.74) is 6.84. The summed E-state index contributed by atoms with van der Waals surface area (Å²) in [5, 5.41) is 6.99. The molecule has 38 heavy (non-hydrogen) atoms. The molecule has 1 aliphatic rings. The van der Waals surface area contributed by atoms with E-state index in [1.165, 1.54) is 47.4 Å². The molecule has 0 bridgehead atoms. The number of halogens is 2. The number of nitrogens with two attached hydrogens (primary N) is 1. The van der Waals surface area contributed by atoms with Crippen LogP contribution >= 0.6 is 0 Å². The minimum absolute atomic E-state index is 0.0546. The molecule has 4 aromatic rings. The molecule has 10 nitrogen and oxygen atoms in total. The Bertz CT molecular complexity index is 1540. The van der Waals surface area contributed by atoms with Crippen LogP contribution in [0, 0.1) is 0 Å². The van der Waals surface area contributed by atoms with E-state index >= 15 is 0 Å². The maximum absolute atomic E-state index is 13.4. The number of hydrogen-bond acceptors (Lipinski definition) is 7. The second-order valence-corrected chi connectivity index (χ2v) is 8.29. The van der Waals surface area contributed by atoms with E-state index in [1.807, 2.05) is 0 Å². The third-order valence-electron chi connectivity index (χ3n) is 5.68. The highest BCUT2D eigenvalue weighted by Gasteiger charge is 2.43. The number of benzene rings is 2. The molecule has 192 valence electrons. The number of carbonyl (C=O) groups is 3. The smallest absolute Gasteiger partial charge is 0.395 e. The average Bonchev–Trinajstić information content (AvgIpc) is 3.51. The van der Waals surface area contributed by atoms with Crippen LogP contribution in [-0.4, -0.2) is 44.7 Å². The highest BCUT2D eigenvalue weighted by molar-refractivity contribution is 6.38. The minimum atomic E-state index is -3.75. The van der Waals surface area contributed by atoms with Gasteiger partial charge in [0.05, 0.1) is 11.3 Å². The molecular formula is C26H19F2N5O5. The van der Waals surface area contributed by atoms with Crippen molar-refractivity contribution >= 4 is 17.6 Å². The number of alkyl halides is 2. The molecule has 12 heteroatoms. The van der Waals surface area contributed by atoms with Gasteiger partial charge in [-0.15, -0.1) is 8.78 Å². The average molecular weight is 519 g/mol. The van der Waals surface area contributed by atoms with Crippen LogP contribution in [0.25, 0.3) is 17.1 Å². The number of carbonyl (C=O) groups excluding carboxylic acids is 3. The van der Waals surface area contributed by atoms with Gasteiger partial charge in [0.2, 0.25) is 5.78 Å². The van der Waals surface area contributed by atoms with Crippen molar-refractivity contribution in [3.63, 3.8) is 0 Å². The summed E-state index contributed by atoms with van der Waals surface area (Å²) in [6.07, 6.45) is -0.709. The molecule has 2 amide bonds. The van der Waals surface area contributed by atoms with Crippen molar-refractivity contribution < 1.29 is 32.6 Å². The summed E-state index contributed by atoms with van der Waals surface area (Å²) in [7, 11) is 0. The maximum atomic E-state index is 13.4. The van der Waals surface area contributed by atoms with Crippen molar-refractivity contribution in [2.75, 3.05) is 0 Å². The lowest BCUT2D eigenvalue weighted by atomic mass is 10.0. The van der Waals surface area contributed by atoms with Crippen molar-refractivity contribution in [1.82, 2.24) is 20.1 Å². The van der Waals surface area contributed by atoms with Gasteiger partial charge in [-0.25, -0.2) is 9.67 Å². The van der Waals surface area contributed by atoms with Crippen LogP contribution in [0.5, 0.6) is 11.5 Å². The second-order valence-electron chi connectivity index (χ2n) is 8.29. The monoisotopic (exact) mass is 519 g/mol. The van der Waals surface area contributed by atoms with Gasteiger partial charge >= 0.3 is 6.29 Å². The zero-order valence-corrected chi connectivity index (χ0v) is 19.5. The molecule has 0 saturated carbocycles. The normalized spacial score (nSPS) is 14.1. The highest BCUT2D eigenvalue weighted by atomic mass is 19.3. The number of hydrogen-bond donors (Lipinski definition) is 2. The van der Waals surface area contributed by atoms with Crippen molar-refractivity contribution in [2.24, 2.45) is 5.73 Å². The number of nitrogens with zero attached hydrogens (tertiary/aromatic N) is 3. The molecule has 0 aliphatic carbocycles. The predicted molar refractivity (Wildman–Crippen MR) is 129 cm³/mol. The Balaban J connectivity index is 1.40. The lowest BCUT2D eigenvalue weighted by molar-refractivity contribution is -0.286. The fraction of sp³-hybridized carbons (Fsp3) is 0.115. The zero-order valence-electron chi connectivity index (χ0n) is 19.5. The fourth-order valence-corrected chi connectivity index (χ4v) is 3.93. The van der Waals surface area contributed by atoms with Gasteiger partial charge in [-0.1, -0.05) is 30.3 Å². The summed E-state index contributed by atoms with van der Waals surface area (Å²) in [4.78, 5) is 41.6. The summed E-state index contributed by atoms with van der Waals surface area (Å²) in [6.45, 7) is 0. The Labute approximate surface area is 214 Å². The van der Waals surface area contributed by atoms with Gasteiger partial charge in [-0.05, 0) is 42.0 Å². The maximum Gasteiger partial charge on any atom is 0.586 e. The van der Waals surface area contributed by atoms with Gasteiger partial charge in [-0.3, -0.25) is 14.4 Å². The molecule has 2 aromatic carbocycles. The molecule has 3 heterocycles. The van der Waals surface area contributed by atoms with Gasteiger partial charge in [0.25, 0.3) is 11.8 Å². The molecule has 0 spiro atoms. The number of primary amides is 1. The standard InChI is InChI=1S/C26H19F2N5O5/c27-26(28)37-20-9-8-16(14-21(20)38-26)18-10-12-33(32-18)24-17(7-4-11-30-24)25(36)31-19(22(34)23(29)35)13-15-5-2-1-3-6-15/h1-12,14,19H,13H2,(H2,29,35)(H,31,36). The number of Topliss-reactive ketones (excluding diaryl/α,β-unsaturated/α-hetero) is 1. The number of rotatable bonds is 8. The number of aromatic nitrogens is 3. The molecule has 3 N–H and O–H groups in total. The van der Waals surface area contributed by atoms with Crippen LogP contribution in [0.2, 0.25) is 0 Å². The summed E-state index contributed by atoms with van der Waals surface area (Å²) in [5.74, 6) is -2.89. The lowest BCUT2D eigenvalue weighted by Crippen LogP contribution is -2.47. The third kappa shape index (κ3) is 5.05. The Kier molecular flexibility index (Phi) is 6.29. The fourth-order valence-electron chi connectivity index (χ4n) is 3.93. The number of pyridine rings is 1. The van der Waals surface area contributed by atoms with E-state index < -0.39 is 29.9 Å². The third-order valence-corrected chi connectivity index (χ3v) is 5.68. The number of fused-ring (bicyclic) bond motifs is 1. The largest absolute Gasteiger partial charge is 0.586 e. The quantitative estimate of drug-likeness (QED) is 0.341. The van der Waals surface area contributed by atoms with Crippen LogP contribution in [0.3, 0.4) is 0 Å². The number of nitrogens with one attached hydrogen (secondary N) is 1. The van der Waals surface area contributed by atoms with E-state index in [1.54, 1.807) is 36.4 Å². The minimum Gasteiger partial charge on any atom is -0.395 e. The van der Waals surface area contributed by atoms with E-state index in [4.69, 9.17) is 5.73 Å². The number of ether oxygens (including phenoxy) is 2. The number of ketones is 1. The van der Waals surface area contributed by atoms with E-state index in [2.05, 4.69) is 24.9 Å². The molecule has 1 aliphatic heterocycles. The van der Waals surface area contributed by atoms with E-state index in [0.717, 1.165) is 5.56 Å². The van der Waals surface area contributed by atoms with Crippen LogP contribution in [0.1, 0.15) is 15.9 Å². The first-order chi connectivity index (χ1) is 18.2. The van der Waals surface area contributed by atoms with Gasteiger partial charge in [0.15, 0.2) is 17.3 Å². The van der Waals surface area contributed by atoms with E-state index in [-0.39, 0.29) is 29.3 Å². The first-order valence-corrected chi connectivity index (χ1v) is 11.3. The molecule has 0 radical (unpaired) electrons. The Hall–Kier alpha value is -5.13. The Morgan fingerprint density at radius 2 is 1.76 bits per heavy atom. The summed E-state index contributed by atoms with van der Waals surface area (Å²) in [6, 6.07) is 16.5. The van der Waals surface area contributed by atoms with Crippen LogP contribution < -0.4 is 20.5 Å². The molecule has 0 saturated heterocycles. The van der Waals surface area contributed by atoms with Gasteiger partial charge in [-0.2, -0.15) is 5.10 Å². The predicted octanol–water partition coefficient (Wildman–Crippen LogP) is 2.65. The first kappa shape index (κ1) is 24.6. The van der Waals surface area contributed by atoms with E-state index in [0.29, 0.717) is 11.3 Å². The van der Waals surface area contributed by atoms with Crippen LogP contribution in [0.15, 0.2) is 79.1 Å². The topological polar surface area (TPSA) is 138 Å². The van der Waals surface area contributed by atoms with Crippen LogP contribution in [-0.2, 0) is 16.0 Å². The van der Waals surface area contributed by atoms with Crippen LogP contribution in [0.4, 0.5) is 8.78 Å². The Morgan fingerprint density at radius 1 is 1.00 bits per heavy atom. The second kappa shape index (κ2) is 9.73. The number of amides is 2. The lowest BCUT2D eigenvalue weighted by Gasteiger charge is -2.17. The van der Waals surface area contributed by atoms with E-state index in [9.17, 15) is 23.2 Å². The first-order valence-electron chi connectivity index (χ1n) is 11.3. The highest BCUT2D eigenvalue weighted by Crippen LogP contribution is 2.42. The van der Waals surface area contributed by atoms with Crippen molar-refractivity contribution in [3.8, 4) is 28.6 Å².